The van der Waals surface area contributed by atoms with Crippen LogP contribution in [-0.2, 0) is 16.0 Å². The van der Waals surface area contributed by atoms with Crippen molar-refractivity contribution in [1.29, 1.82) is 0 Å². The summed E-state index contributed by atoms with van der Waals surface area (Å²) in [5.41, 5.74) is 3.07. The van der Waals surface area contributed by atoms with E-state index in [1.54, 1.807) is 45.6 Å². The van der Waals surface area contributed by atoms with E-state index in [-0.39, 0.29) is 23.8 Å². The number of rotatable bonds is 9. The summed E-state index contributed by atoms with van der Waals surface area (Å²) < 4.78 is 16.1. The third-order valence-electron chi connectivity index (χ3n) is 6.88. The maximum atomic E-state index is 13.4. The molecule has 1 aliphatic heterocycles. The second-order valence-corrected chi connectivity index (χ2v) is 9.48. The molecular weight excluding hydrogens is 482 g/mol. The van der Waals surface area contributed by atoms with E-state index >= 15 is 0 Å². The molecule has 1 N–H and O–H groups in total. The van der Waals surface area contributed by atoms with Gasteiger partial charge in [0.2, 0.25) is 0 Å². The molecule has 1 heterocycles. The van der Waals surface area contributed by atoms with Crippen LogP contribution in [0.1, 0.15) is 48.1 Å². The number of aliphatic hydroxyl groups is 1. The quantitative estimate of drug-likeness (QED) is 0.230. The maximum Gasteiger partial charge on any atom is 0.295 e. The van der Waals surface area contributed by atoms with Gasteiger partial charge in [0.1, 0.15) is 23.0 Å². The van der Waals surface area contributed by atoms with E-state index in [4.69, 9.17) is 14.2 Å². The lowest BCUT2D eigenvalue weighted by atomic mass is 9.93. The highest BCUT2D eigenvalue weighted by Crippen LogP contribution is 2.41. The molecule has 0 aliphatic carbocycles. The zero-order valence-corrected chi connectivity index (χ0v) is 22.4. The lowest BCUT2D eigenvalue weighted by Gasteiger charge is -2.26. The molecule has 0 spiro atoms. The Labute approximate surface area is 223 Å². The van der Waals surface area contributed by atoms with Gasteiger partial charge in [-0.05, 0) is 71.5 Å². The molecule has 7 nitrogen and oxygen atoms in total. The van der Waals surface area contributed by atoms with Crippen LogP contribution in [-0.4, -0.2) is 49.6 Å². The number of nitrogens with zero attached hydrogens (tertiary/aromatic N) is 1. The normalized spacial score (nSPS) is 16.7. The molecule has 0 saturated carbocycles. The molecule has 1 atom stereocenters. The fraction of sp³-hybridized carbons (Fsp3) is 0.290. The predicted molar refractivity (Wildman–Crippen MR) is 146 cm³/mol. The molecule has 1 fully saturated rings. The standard InChI is InChI=1S/C31H33NO6/c1-19(2)25-18-22(11-14-26(25)38-5)29(33)27-28(21-7-6-8-24(17-21)37-4)32(31(35)30(27)34)16-15-20-9-12-23(36-3)13-10-20/h6-14,17-19,28,33H,15-16H2,1-5H3/b29-27-. The average molecular weight is 516 g/mol. The van der Waals surface area contributed by atoms with Gasteiger partial charge in [-0.15, -0.1) is 0 Å². The van der Waals surface area contributed by atoms with Crippen LogP contribution in [0.15, 0.2) is 72.3 Å². The molecular formula is C31H33NO6. The summed E-state index contributed by atoms with van der Waals surface area (Å²) in [5.74, 6) is 0.574. The van der Waals surface area contributed by atoms with E-state index in [0.717, 1.165) is 16.9 Å². The highest BCUT2D eigenvalue weighted by molar-refractivity contribution is 6.46. The van der Waals surface area contributed by atoms with Crippen LogP contribution in [0, 0.1) is 0 Å². The summed E-state index contributed by atoms with van der Waals surface area (Å²) in [6, 6.07) is 19.3. The number of carbonyl (C=O) groups excluding carboxylic acids is 2. The molecule has 3 aromatic carbocycles. The second-order valence-electron chi connectivity index (χ2n) is 9.48. The average Bonchev–Trinajstić information content (AvgIpc) is 3.20. The molecule has 1 saturated heterocycles. The minimum absolute atomic E-state index is 0.0536. The molecule has 4 rings (SSSR count). The number of methoxy groups -OCH3 is 3. The summed E-state index contributed by atoms with van der Waals surface area (Å²) in [7, 11) is 4.76. The van der Waals surface area contributed by atoms with Gasteiger partial charge in [-0.2, -0.15) is 0 Å². The number of aliphatic hydroxyl groups excluding tert-OH is 1. The van der Waals surface area contributed by atoms with Crippen LogP contribution in [0.25, 0.3) is 5.76 Å². The Morgan fingerprint density at radius 3 is 2.24 bits per heavy atom. The van der Waals surface area contributed by atoms with Crippen molar-refractivity contribution in [2.45, 2.75) is 32.2 Å². The van der Waals surface area contributed by atoms with E-state index in [1.807, 2.05) is 56.3 Å². The van der Waals surface area contributed by atoms with Crippen molar-refractivity contribution < 1.29 is 28.9 Å². The Morgan fingerprint density at radius 1 is 0.895 bits per heavy atom. The number of carbonyl (C=O) groups is 2. The predicted octanol–water partition coefficient (Wildman–Crippen LogP) is 5.50. The van der Waals surface area contributed by atoms with Crippen molar-refractivity contribution in [2.24, 2.45) is 0 Å². The Kier molecular flexibility index (Phi) is 8.05. The Balaban J connectivity index is 1.80. The first kappa shape index (κ1) is 26.8. The van der Waals surface area contributed by atoms with Gasteiger partial charge in [-0.1, -0.05) is 38.1 Å². The maximum absolute atomic E-state index is 13.4. The van der Waals surface area contributed by atoms with Crippen LogP contribution in [0.3, 0.4) is 0 Å². The van der Waals surface area contributed by atoms with E-state index in [2.05, 4.69) is 0 Å². The van der Waals surface area contributed by atoms with Crippen LogP contribution in [0.2, 0.25) is 0 Å². The highest BCUT2D eigenvalue weighted by Gasteiger charge is 2.46. The molecule has 38 heavy (non-hydrogen) atoms. The van der Waals surface area contributed by atoms with Crippen molar-refractivity contribution >= 4 is 17.4 Å². The largest absolute Gasteiger partial charge is 0.507 e. The summed E-state index contributed by atoms with van der Waals surface area (Å²) in [4.78, 5) is 28.3. The summed E-state index contributed by atoms with van der Waals surface area (Å²) in [6.45, 7) is 4.33. The zero-order chi connectivity index (χ0) is 27.4. The summed E-state index contributed by atoms with van der Waals surface area (Å²) >= 11 is 0. The molecule has 1 unspecified atom stereocenters. The van der Waals surface area contributed by atoms with Crippen molar-refractivity contribution in [3.8, 4) is 17.2 Å². The van der Waals surface area contributed by atoms with Gasteiger partial charge in [0.25, 0.3) is 11.7 Å². The van der Waals surface area contributed by atoms with Gasteiger partial charge in [0.05, 0.1) is 32.9 Å². The number of ether oxygens (including phenoxy) is 3. The highest BCUT2D eigenvalue weighted by atomic mass is 16.5. The van der Waals surface area contributed by atoms with Gasteiger partial charge < -0.3 is 24.2 Å². The monoisotopic (exact) mass is 515 g/mol. The fourth-order valence-corrected chi connectivity index (χ4v) is 4.80. The van der Waals surface area contributed by atoms with Gasteiger partial charge in [0, 0.05) is 12.1 Å². The first-order valence-corrected chi connectivity index (χ1v) is 12.5. The number of ketones is 1. The first-order valence-electron chi connectivity index (χ1n) is 12.5. The topological polar surface area (TPSA) is 85.3 Å². The molecule has 1 aliphatic rings. The first-order chi connectivity index (χ1) is 18.3. The Hall–Kier alpha value is -4.26. The van der Waals surface area contributed by atoms with Crippen molar-refractivity contribution in [2.75, 3.05) is 27.9 Å². The van der Waals surface area contributed by atoms with E-state index < -0.39 is 17.7 Å². The van der Waals surface area contributed by atoms with Gasteiger partial charge in [-0.3, -0.25) is 9.59 Å². The molecule has 1 amide bonds. The summed E-state index contributed by atoms with van der Waals surface area (Å²) in [6.07, 6.45) is 0.525. The van der Waals surface area contributed by atoms with Crippen LogP contribution < -0.4 is 14.2 Å². The molecule has 0 radical (unpaired) electrons. The zero-order valence-electron chi connectivity index (χ0n) is 22.4. The molecule has 7 heteroatoms. The number of benzene rings is 3. The Morgan fingerprint density at radius 2 is 1.61 bits per heavy atom. The fourth-order valence-electron chi connectivity index (χ4n) is 4.80. The minimum Gasteiger partial charge on any atom is -0.507 e. The Bertz CT molecular complexity index is 1360. The molecule has 0 aromatic heterocycles. The lowest BCUT2D eigenvalue weighted by Crippen LogP contribution is -2.31. The SMILES string of the molecule is COc1ccc(CCN2C(=O)C(=O)/C(=C(\O)c3ccc(OC)c(C(C)C)c3)C2c2cccc(OC)c2)cc1. The molecule has 0 bridgehead atoms. The number of likely N-dealkylation sites (tertiary alicyclic amines) is 1. The number of hydrogen-bond donors (Lipinski definition) is 1. The van der Waals surface area contributed by atoms with Crippen LogP contribution in [0.4, 0.5) is 0 Å². The van der Waals surface area contributed by atoms with Crippen molar-refractivity contribution in [3.63, 3.8) is 0 Å². The number of amides is 1. The van der Waals surface area contributed by atoms with E-state index in [0.29, 0.717) is 29.0 Å². The minimum atomic E-state index is -0.770. The summed E-state index contributed by atoms with van der Waals surface area (Å²) in [5, 5.41) is 11.5. The number of hydrogen-bond acceptors (Lipinski definition) is 6. The van der Waals surface area contributed by atoms with Crippen LogP contribution >= 0.6 is 0 Å². The second kappa shape index (κ2) is 11.4. The van der Waals surface area contributed by atoms with E-state index in [9.17, 15) is 14.7 Å². The van der Waals surface area contributed by atoms with Crippen molar-refractivity contribution in [3.05, 3.63) is 94.6 Å². The van der Waals surface area contributed by atoms with Gasteiger partial charge in [-0.25, -0.2) is 0 Å². The van der Waals surface area contributed by atoms with Gasteiger partial charge in [0.15, 0.2) is 0 Å². The third kappa shape index (κ3) is 5.23. The smallest absolute Gasteiger partial charge is 0.295 e. The molecule has 3 aromatic rings. The lowest BCUT2D eigenvalue weighted by molar-refractivity contribution is -0.139. The molecule has 198 valence electrons. The van der Waals surface area contributed by atoms with E-state index in [1.165, 1.54) is 4.90 Å². The third-order valence-corrected chi connectivity index (χ3v) is 6.88. The van der Waals surface area contributed by atoms with Gasteiger partial charge >= 0.3 is 0 Å². The number of Topliss-reactive ketones (excluding diaryl/α,β-unsaturated/α-hetero) is 1. The van der Waals surface area contributed by atoms with Crippen molar-refractivity contribution in [1.82, 2.24) is 4.90 Å². The van der Waals surface area contributed by atoms with Crippen LogP contribution in [0.5, 0.6) is 17.2 Å².